The second kappa shape index (κ2) is 8.25. The van der Waals surface area contributed by atoms with Gasteiger partial charge in [-0.05, 0) is 43.3 Å². The molecule has 1 saturated heterocycles. The maximum atomic E-state index is 13.1. The van der Waals surface area contributed by atoms with E-state index in [-0.39, 0.29) is 17.0 Å². The molecule has 1 aliphatic rings. The molecular weight excluding hydrogens is 376 g/mol. The Balaban J connectivity index is 1.57. The Labute approximate surface area is 162 Å². The molecule has 0 spiro atoms. The lowest BCUT2D eigenvalue weighted by Crippen LogP contribution is -2.52. The molecule has 0 saturated carbocycles. The van der Waals surface area contributed by atoms with E-state index < -0.39 is 5.82 Å². The number of hydrogen-bond acceptors (Lipinski definition) is 3. The van der Waals surface area contributed by atoms with Gasteiger partial charge in [-0.3, -0.25) is 9.69 Å². The van der Waals surface area contributed by atoms with Crippen molar-refractivity contribution in [2.75, 3.05) is 36.4 Å². The third-order valence-corrected chi connectivity index (χ3v) is 5.15. The van der Waals surface area contributed by atoms with Gasteiger partial charge in [-0.2, -0.15) is 0 Å². The fourth-order valence-corrected chi connectivity index (χ4v) is 3.43. The van der Waals surface area contributed by atoms with Gasteiger partial charge in [0, 0.05) is 36.9 Å². The molecule has 0 aromatic heterocycles. The topological polar surface area (TPSA) is 35.6 Å². The van der Waals surface area contributed by atoms with Crippen molar-refractivity contribution < 1.29 is 9.18 Å². The van der Waals surface area contributed by atoms with E-state index in [0.29, 0.717) is 10.7 Å². The van der Waals surface area contributed by atoms with Gasteiger partial charge >= 0.3 is 0 Å². The molecule has 1 aliphatic heterocycles. The Morgan fingerprint density at radius 3 is 2.50 bits per heavy atom. The summed E-state index contributed by atoms with van der Waals surface area (Å²) >= 11 is 12.0. The first kappa shape index (κ1) is 19.0. The zero-order valence-corrected chi connectivity index (χ0v) is 15.9. The number of halogens is 3. The lowest BCUT2D eigenvalue weighted by Gasteiger charge is -2.38. The predicted octanol–water partition coefficient (Wildman–Crippen LogP) is 4.28. The fourth-order valence-electron chi connectivity index (χ4n) is 3.03. The van der Waals surface area contributed by atoms with Gasteiger partial charge in [-0.1, -0.05) is 29.3 Å². The first-order chi connectivity index (χ1) is 12.4. The molecule has 2 aromatic rings. The van der Waals surface area contributed by atoms with Crippen LogP contribution in [0.3, 0.4) is 0 Å². The van der Waals surface area contributed by atoms with Crippen LogP contribution < -0.4 is 10.2 Å². The molecular formula is C19H20Cl2FN3O. The number of rotatable bonds is 4. The highest BCUT2D eigenvalue weighted by atomic mass is 35.5. The summed E-state index contributed by atoms with van der Waals surface area (Å²) in [6, 6.07) is 11.4. The molecule has 138 valence electrons. The number of carbonyl (C=O) groups is 1. The summed E-state index contributed by atoms with van der Waals surface area (Å²) < 4.78 is 13.1. The van der Waals surface area contributed by atoms with Crippen LogP contribution in [0.5, 0.6) is 0 Å². The minimum Gasteiger partial charge on any atom is -0.369 e. The van der Waals surface area contributed by atoms with Gasteiger partial charge in [0.15, 0.2) is 0 Å². The standard InChI is InChI=1S/C19H20Cl2FN3O/c1-13(19(26)23-18-6-5-15(22)12-17(18)21)24-7-9-25(10-8-24)16-4-2-3-14(20)11-16/h2-6,11-13H,7-10H2,1H3,(H,23,26)/t13-/m0/s1. The molecule has 1 N–H and O–H groups in total. The van der Waals surface area contributed by atoms with E-state index in [1.165, 1.54) is 18.2 Å². The molecule has 1 fully saturated rings. The van der Waals surface area contributed by atoms with Crippen LogP contribution in [0.1, 0.15) is 6.92 Å². The van der Waals surface area contributed by atoms with Gasteiger partial charge in [0.25, 0.3) is 0 Å². The number of nitrogens with one attached hydrogen (secondary N) is 1. The highest BCUT2D eigenvalue weighted by molar-refractivity contribution is 6.33. The van der Waals surface area contributed by atoms with Crippen molar-refractivity contribution in [2.45, 2.75) is 13.0 Å². The van der Waals surface area contributed by atoms with E-state index in [9.17, 15) is 9.18 Å². The minimum absolute atomic E-state index is 0.158. The molecule has 1 heterocycles. The second-order valence-corrected chi connectivity index (χ2v) is 7.14. The summed E-state index contributed by atoms with van der Waals surface area (Å²) in [4.78, 5) is 16.9. The SMILES string of the molecule is C[C@@H](C(=O)Nc1ccc(F)cc1Cl)N1CCN(c2cccc(Cl)c2)CC1. The van der Waals surface area contributed by atoms with Crippen LogP contribution in [0, 0.1) is 5.82 Å². The zero-order valence-electron chi connectivity index (χ0n) is 14.4. The summed E-state index contributed by atoms with van der Waals surface area (Å²) in [5, 5.41) is 3.68. The summed E-state index contributed by atoms with van der Waals surface area (Å²) in [6.07, 6.45) is 0. The molecule has 7 heteroatoms. The summed E-state index contributed by atoms with van der Waals surface area (Å²) in [6.45, 7) is 5.02. The van der Waals surface area contributed by atoms with Crippen molar-refractivity contribution in [1.82, 2.24) is 4.90 Å². The number of piperazine rings is 1. The first-order valence-electron chi connectivity index (χ1n) is 8.44. The van der Waals surface area contributed by atoms with Crippen LogP contribution in [-0.4, -0.2) is 43.0 Å². The Bertz CT molecular complexity index is 794. The predicted molar refractivity (Wildman–Crippen MR) is 105 cm³/mol. The van der Waals surface area contributed by atoms with E-state index >= 15 is 0 Å². The van der Waals surface area contributed by atoms with Crippen molar-refractivity contribution in [2.24, 2.45) is 0 Å². The Morgan fingerprint density at radius 1 is 1.12 bits per heavy atom. The van der Waals surface area contributed by atoms with Crippen LogP contribution in [0.15, 0.2) is 42.5 Å². The quantitative estimate of drug-likeness (QED) is 0.838. The number of hydrogen-bond donors (Lipinski definition) is 1. The number of carbonyl (C=O) groups excluding carboxylic acids is 1. The van der Waals surface area contributed by atoms with Crippen LogP contribution in [0.4, 0.5) is 15.8 Å². The van der Waals surface area contributed by atoms with Crippen molar-refractivity contribution >= 4 is 40.5 Å². The molecule has 2 aromatic carbocycles. The molecule has 0 bridgehead atoms. The number of nitrogens with zero attached hydrogens (tertiary/aromatic N) is 2. The highest BCUT2D eigenvalue weighted by Gasteiger charge is 2.26. The van der Waals surface area contributed by atoms with Crippen molar-refractivity contribution in [3.05, 3.63) is 58.3 Å². The van der Waals surface area contributed by atoms with Crippen LogP contribution >= 0.6 is 23.2 Å². The molecule has 0 unspecified atom stereocenters. The first-order valence-corrected chi connectivity index (χ1v) is 9.20. The van der Waals surface area contributed by atoms with Crippen molar-refractivity contribution in [1.29, 1.82) is 0 Å². The Hall–Kier alpha value is -1.82. The van der Waals surface area contributed by atoms with E-state index in [1.54, 1.807) is 0 Å². The lowest BCUT2D eigenvalue weighted by atomic mass is 10.2. The van der Waals surface area contributed by atoms with Gasteiger partial charge in [0.05, 0.1) is 16.8 Å². The second-order valence-electron chi connectivity index (χ2n) is 6.29. The number of anilines is 2. The lowest BCUT2D eigenvalue weighted by molar-refractivity contribution is -0.120. The van der Waals surface area contributed by atoms with E-state index in [0.717, 1.165) is 31.9 Å². The highest BCUT2D eigenvalue weighted by Crippen LogP contribution is 2.24. The van der Waals surface area contributed by atoms with Crippen LogP contribution in [-0.2, 0) is 4.79 Å². The average Bonchev–Trinajstić information content (AvgIpc) is 2.63. The summed E-state index contributed by atoms with van der Waals surface area (Å²) in [7, 11) is 0. The molecule has 0 radical (unpaired) electrons. The van der Waals surface area contributed by atoms with Gasteiger partial charge in [0.1, 0.15) is 5.82 Å². The average molecular weight is 396 g/mol. The molecule has 0 aliphatic carbocycles. The molecule has 4 nitrogen and oxygen atoms in total. The number of amides is 1. The minimum atomic E-state index is -0.432. The van der Waals surface area contributed by atoms with Crippen molar-refractivity contribution in [3.8, 4) is 0 Å². The Morgan fingerprint density at radius 2 is 1.85 bits per heavy atom. The van der Waals surface area contributed by atoms with Gasteiger partial charge in [0.2, 0.25) is 5.91 Å². The molecule has 26 heavy (non-hydrogen) atoms. The summed E-state index contributed by atoms with van der Waals surface area (Å²) in [5.41, 5.74) is 1.51. The van der Waals surface area contributed by atoms with Gasteiger partial charge in [-0.15, -0.1) is 0 Å². The van der Waals surface area contributed by atoms with Crippen LogP contribution in [0.25, 0.3) is 0 Å². The maximum absolute atomic E-state index is 13.1. The Kier molecular flexibility index (Phi) is 6.01. The van der Waals surface area contributed by atoms with Crippen molar-refractivity contribution in [3.63, 3.8) is 0 Å². The van der Waals surface area contributed by atoms with E-state index in [2.05, 4.69) is 15.1 Å². The maximum Gasteiger partial charge on any atom is 0.241 e. The molecule has 1 atom stereocenters. The molecule has 3 rings (SSSR count). The van der Waals surface area contributed by atoms with E-state index in [4.69, 9.17) is 23.2 Å². The third-order valence-electron chi connectivity index (χ3n) is 4.60. The third kappa shape index (κ3) is 4.47. The summed E-state index contributed by atoms with van der Waals surface area (Å²) in [5.74, 6) is -0.590. The smallest absolute Gasteiger partial charge is 0.241 e. The number of benzene rings is 2. The van der Waals surface area contributed by atoms with Crippen LogP contribution in [0.2, 0.25) is 10.0 Å². The normalized spacial score (nSPS) is 16.4. The fraction of sp³-hybridized carbons (Fsp3) is 0.316. The largest absolute Gasteiger partial charge is 0.369 e. The van der Waals surface area contributed by atoms with E-state index in [1.807, 2.05) is 31.2 Å². The monoisotopic (exact) mass is 395 g/mol. The molecule has 1 amide bonds. The van der Waals surface area contributed by atoms with Gasteiger partial charge < -0.3 is 10.2 Å². The zero-order chi connectivity index (χ0) is 18.7. The van der Waals surface area contributed by atoms with Gasteiger partial charge in [-0.25, -0.2) is 4.39 Å².